The summed E-state index contributed by atoms with van der Waals surface area (Å²) in [5.74, 6) is 1.49. The maximum Gasteiger partial charge on any atom is 0.224 e. The Balaban J connectivity index is 1.20. The van der Waals surface area contributed by atoms with Gasteiger partial charge in [0.05, 0.1) is 0 Å². The molecule has 0 spiro atoms. The van der Waals surface area contributed by atoms with Crippen molar-refractivity contribution in [1.82, 2.24) is 0 Å². The van der Waals surface area contributed by atoms with Gasteiger partial charge in [0.2, 0.25) is 11.8 Å². The average molecular weight is 432 g/mol. The van der Waals surface area contributed by atoms with E-state index in [0.717, 1.165) is 5.56 Å². The lowest BCUT2D eigenvalue weighted by atomic mass is 10.2. The molecule has 0 radical (unpaired) electrons. The minimum atomic E-state index is -0.249. The van der Waals surface area contributed by atoms with E-state index in [1.807, 2.05) is 30.3 Å². The van der Waals surface area contributed by atoms with Gasteiger partial charge in [-0.3, -0.25) is 9.59 Å². The predicted octanol–water partition coefficient (Wildman–Crippen LogP) is 4.39. The highest BCUT2D eigenvalue weighted by Gasteiger charge is 2.13. The molecule has 1 aliphatic rings. The number of carbonyl (C=O) groups is 2. The Kier molecular flexibility index (Phi) is 6.87. The van der Waals surface area contributed by atoms with E-state index in [4.69, 9.17) is 14.2 Å². The zero-order chi connectivity index (χ0) is 22.2. The fraction of sp³-hybridized carbons (Fsp3) is 0.200. The van der Waals surface area contributed by atoms with E-state index in [0.29, 0.717) is 48.4 Å². The molecule has 0 saturated heterocycles. The predicted molar refractivity (Wildman–Crippen MR) is 121 cm³/mol. The van der Waals surface area contributed by atoms with E-state index < -0.39 is 0 Å². The monoisotopic (exact) mass is 432 g/mol. The van der Waals surface area contributed by atoms with Crippen molar-refractivity contribution in [2.75, 3.05) is 23.8 Å². The van der Waals surface area contributed by atoms with Crippen LogP contribution in [0.3, 0.4) is 0 Å². The van der Waals surface area contributed by atoms with Gasteiger partial charge in [-0.2, -0.15) is 0 Å². The first-order chi connectivity index (χ1) is 15.7. The first-order valence-corrected chi connectivity index (χ1v) is 10.4. The summed E-state index contributed by atoms with van der Waals surface area (Å²) in [7, 11) is 0. The number of fused-ring (bicyclic) bond motifs is 1. The average Bonchev–Trinajstić information content (AvgIpc) is 2.83. The molecular weight excluding hydrogens is 408 g/mol. The SMILES string of the molecule is O=C(CCC(=O)Nc1ccc2c(c1)OCCO2)Nc1ccc(OCc2ccccc2)cc1. The van der Waals surface area contributed by atoms with Crippen molar-refractivity contribution in [3.8, 4) is 17.2 Å². The maximum absolute atomic E-state index is 12.2. The van der Waals surface area contributed by atoms with Crippen LogP contribution < -0.4 is 24.8 Å². The second-order valence-corrected chi connectivity index (χ2v) is 7.25. The quantitative estimate of drug-likeness (QED) is 0.551. The second kappa shape index (κ2) is 10.3. The van der Waals surface area contributed by atoms with Crippen LogP contribution in [-0.4, -0.2) is 25.0 Å². The Morgan fingerprint density at radius 1 is 0.750 bits per heavy atom. The van der Waals surface area contributed by atoms with E-state index in [1.54, 1.807) is 42.5 Å². The van der Waals surface area contributed by atoms with Crippen LogP contribution in [0.1, 0.15) is 18.4 Å². The van der Waals surface area contributed by atoms with Gasteiger partial charge in [-0.25, -0.2) is 0 Å². The summed E-state index contributed by atoms with van der Waals surface area (Å²) >= 11 is 0. The number of hydrogen-bond donors (Lipinski definition) is 2. The Hall–Kier alpha value is -4.00. The number of rotatable bonds is 8. The second-order valence-electron chi connectivity index (χ2n) is 7.25. The van der Waals surface area contributed by atoms with Gasteiger partial charge in [0, 0.05) is 30.3 Å². The maximum atomic E-state index is 12.2. The van der Waals surface area contributed by atoms with Gasteiger partial charge in [-0.1, -0.05) is 30.3 Å². The van der Waals surface area contributed by atoms with Crippen LogP contribution in [0.2, 0.25) is 0 Å². The molecule has 0 unspecified atom stereocenters. The molecule has 2 N–H and O–H groups in total. The normalized spacial score (nSPS) is 12.0. The van der Waals surface area contributed by atoms with Crippen molar-refractivity contribution in [3.05, 3.63) is 78.4 Å². The van der Waals surface area contributed by atoms with Crippen LogP contribution in [0.15, 0.2) is 72.8 Å². The molecule has 0 aliphatic carbocycles. The molecule has 2 amide bonds. The van der Waals surface area contributed by atoms with Crippen LogP contribution in [0.4, 0.5) is 11.4 Å². The molecule has 0 fully saturated rings. The molecule has 1 heterocycles. The number of nitrogens with one attached hydrogen (secondary N) is 2. The molecule has 7 heteroatoms. The van der Waals surface area contributed by atoms with E-state index in [1.165, 1.54) is 0 Å². The number of hydrogen-bond acceptors (Lipinski definition) is 5. The minimum absolute atomic E-state index is 0.0680. The highest BCUT2D eigenvalue weighted by molar-refractivity contribution is 5.97. The van der Waals surface area contributed by atoms with Gasteiger partial charge in [0.15, 0.2) is 11.5 Å². The summed E-state index contributed by atoms with van der Waals surface area (Å²) in [6, 6.07) is 22.2. The van der Waals surface area contributed by atoms with Crippen molar-refractivity contribution in [3.63, 3.8) is 0 Å². The lowest BCUT2D eigenvalue weighted by molar-refractivity contribution is -0.121. The van der Waals surface area contributed by atoms with Gasteiger partial charge >= 0.3 is 0 Å². The number of carbonyl (C=O) groups excluding carboxylic acids is 2. The largest absolute Gasteiger partial charge is 0.489 e. The van der Waals surface area contributed by atoms with E-state index in [2.05, 4.69) is 10.6 Å². The van der Waals surface area contributed by atoms with Crippen LogP contribution in [0, 0.1) is 0 Å². The summed E-state index contributed by atoms with van der Waals surface area (Å²) < 4.78 is 16.7. The standard InChI is InChI=1S/C25H24N2O5/c28-24(12-13-25(29)27-20-8-11-22-23(16-20)31-15-14-30-22)26-19-6-9-21(10-7-19)32-17-18-4-2-1-3-5-18/h1-11,16H,12-15,17H2,(H,26,28)(H,27,29). The molecule has 0 bridgehead atoms. The van der Waals surface area contributed by atoms with Crippen LogP contribution >= 0.6 is 0 Å². The topological polar surface area (TPSA) is 85.9 Å². The highest BCUT2D eigenvalue weighted by atomic mass is 16.6. The summed E-state index contributed by atoms with van der Waals surface area (Å²) in [5.41, 5.74) is 2.33. The summed E-state index contributed by atoms with van der Waals surface area (Å²) in [4.78, 5) is 24.4. The van der Waals surface area contributed by atoms with E-state index >= 15 is 0 Å². The van der Waals surface area contributed by atoms with Crippen molar-refractivity contribution in [2.24, 2.45) is 0 Å². The molecule has 0 aromatic heterocycles. The highest BCUT2D eigenvalue weighted by Crippen LogP contribution is 2.32. The van der Waals surface area contributed by atoms with Gasteiger partial charge in [0.1, 0.15) is 25.6 Å². The zero-order valence-corrected chi connectivity index (χ0v) is 17.5. The number of ether oxygens (including phenoxy) is 3. The van der Waals surface area contributed by atoms with Gasteiger partial charge in [-0.15, -0.1) is 0 Å². The third-order valence-electron chi connectivity index (χ3n) is 4.79. The lowest BCUT2D eigenvalue weighted by Gasteiger charge is -2.19. The summed E-state index contributed by atoms with van der Waals surface area (Å²) in [5, 5.41) is 5.57. The molecule has 0 atom stereocenters. The molecular formula is C25H24N2O5. The molecule has 0 saturated carbocycles. The van der Waals surface area contributed by atoms with Gasteiger partial charge in [-0.05, 0) is 42.0 Å². The first-order valence-electron chi connectivity index (χ1n) is 10.4. The lowest BCUT2D eigenvalue weighted by Crippen LogP contribution is -2.18. The first kappa shape index (κ1) is 21.2. The van der Waals surface area contributed by atoms with Crippen molar-refractivity contribution >= 4 is 23.2 Å². The number of benzene rings is 3. The third-order valence-corrected chi connectivity index (χ3v) is 4.79. The fourth-order valence-corrected chi connectivity index (χ4v) is 3.17. The molecule has 3 aromatic carbocycles. The van der Waals surface area contributed by atoms with Crippen molar-refractivity contribution in [1.29, 1.82) is 0 Å². The van der Waals surface area contributed by atoms with Crippen LogP contribution in [0.25, 0.3) is 0 Å². The number of anilines is 2. The van der Waals surface area contributed by atoms with Gasteiger partial charge < -0.3 is 24.8 Å². The molecule has 3 aromatic rings. The van der Waals surface area contributed by atoms with Gasteiger partial charge in [0.25, 0.3) is 0 Å². The Morgan fingerprint density at radius 3 is 2.09 bits per heavy atom. The Bertz CT molecular complexity index is 1070. The molecule has 1 aliphatic heterocycles. The molecule has 32 heavy (non-hydrogen) atoms. The number of amides is 2. The van der Waals surface area contributed by atoms with Crippen LogP contribution in [0.5, 0.6) is 17.2 Å². The zero-order valence-electron chi connectivity index (χ0n) is 17.5. The smallest absolute Gasteiger partial charge is 0.224 e. The summed E-state index contributed by atoms with van der Waals surface area (Å²) in [6.45, 7) is 1.47. The van der Waals surface area contributed by atoms with Crippen molar-refractivity contribution in [2.45, 2.75) is 19.4 Å². The van der Waals surface area contributed by atoms with E-state index in [-0.39, 0.29) is 24.7 Å². The minimum Gasteiger partial charge on any atom is -0.489 e. The van der Waals surface area contributed by atoms with Crippen molar-refractivity contribution < 1.29 is 23.8 Å². The van der Waals surface area contributed by atoms with Crippen LogP contribution in [-0.2, 0) is 16.2 Å². The molecule has 4 rings (SSSR count). The van der Waals surface area contributed by atoms with E-state index in [9.17, 15) is 9.59 Å². The Morgan fingerprint density at radius 2 is 1.38 bits per heavy atom. The Labute approximate surface area is 186 Å². The third kappa shape index (κ3) is 6.01. The molecule has 164 valence electrons. The molecule has 7 nitrogen and oxygen atoms in total. The fourth-order valence-electron chi connectivity index (χ4n) is 3.17. The summed E-state index contributed by atoms with van der Waals surface area (Å²) in [6.07, 6.45) is 0.140.